The summed E-state index contributed by atoms with van der Waals surface area (Å²) in [5.74, 6) is 0.143. The molecule has 0 aliphatic carbocycles. The topological polar surface area (TPSA) is 63.5 Å². The number of amides is 1. The van der Waals surface area contributed by atoms with Gasteiger partial charge in [0.15, 0.2) is 0 Å². The SMILES string of the molecule is O=C(C=Cc1cccn1CCOc1cccc(Cl)c1)NO. The van der Waals surface area contributed by atoms with Crippen LogP contribution >= 0.6 is 11.6 Å². The Labute approximate surface area is 127 Å². The van der Waals surface area contributed by atoms with Crippen molar-refractivity contribution < 1.29 is 14.7 Å². The highest BCUT2D eigenvalue weighted by Crippen LogP contribution is 2.17. The summed E-state index contributed by atoms with van der Waals surface area (Å²) in [7, 11) is 0. The van der Waals surface area contributed by atoms with E-state index < -0.39 is 5.91 Å². The molecule has 0 aliphatic rings. The predicted octanol–water partition coefficient (Wildman–Crippen LogP) is 2.74. The minimum absolute atomic E-state index is 0.474. The molecule has 0 aliphatic heterocycles. The highest BCUT2D eigenvalue weighted by Gasteiger charge is 2.00. The molecular weight excluding hydrogens is 292 g/mol. The fourth-order valence-electron chi connectivity index (χ4n) is 1.80. The molecular formula is C15H15ClN2O3. The van der Waals surface area contributed by atoms with Crippen LogP contribution in [0.15, 0.2) is 48.7 Å². The molecule has 1 heterocycles. The second-order valence-corrected chi connectivity index (χ2v) is 4.68. The van der Waals surface area contributed by atoms with E-state index in [1.807, 2.05) is 35.0 Å². The molecule has 1 aromatic carbocycles. The normalized spacial score (nSPS) is 10.8. The van der Waals surface area contributed by atoms with Crippen molar-refractivity contribution in [1.29, 1.82) is 0 Å². The van der Waals surface area contributed by atoms with Gasteiger partial charge in [-0.05, 0) is 36.4 Å². The number of aromatic nitrogens is 1. The Bertz CT molecular complexity index is 637. The third-order valence-corrected chi connectivity index (χ3v) is 3.01. The van der Waals surface area contributed by atoms with Gasteiger partial charge >= 0.3 is 0 Å². The van der Waals surface area contributed by atoms with Crippen molar-refractivity contribution in [2.45, 2.75) is 6.54 Å². The molecule has 0 spiro atoms. The summed E-state index contributed by atoms with van der Waals surface area (Å²) in [5.41, 5.74) is 2.39. The van der Waals surface area contributed by atoms with Gasteiger partial charge in [-0.1, -0.05) is 17.7 Å². The molecule has 0 atom stereocenters. The molecule has 1 amide bonds. The van der Waals surface area contributed by atoms with Crippen LogP contribution in [0, 0.1) is 0 Å². The van der Waals surface area contributed by atoms with Gasteiger partial charge in [0.05, 0.1) is 6.54 Å². The Morgan fingerprint density at radius 2 is 2.24 bits per heavy atom. The third-order valence-electron chi connectivity index (χ3n) is 2.78. The van der Waals surface area contributed by atoms with Crippen LogP contribution in [0.3, 0.4) is 0 Å². The van der Waals surface area contributed by atoms with Crippen LogP contribution in [-0.4, -0.2) is 22.3 Å². The summed E-state index contributed by atoms with van der Waals surface area (Å²) >= 11 is 5.88. The highest BCUT2D eigenvalue weighted by atomic mass is 35.5. The van der Waals surface area contributed by atoms with E-state index in [9.17, 15) is 4.79 Å². The number of nitrogens with zero attached hydrogens (tertiary/aromatic N) is 1. The first-order chi connectivity index (χ1) is 10.2. The van der Waals surface area contributed by atoms with Gasteiger partial charge in [-0.25, -0.2) is 5.48 Å². The van der Waals surface area contributed by atoms with Gasteiger partial charge < -0.3 is 9.30 Å². The quantitative estimate of drug-likeness (QED) is 0.490. The molecule has 0 saturated heterocycles. The minimum atomic E-state index is -0.571. The summed E-state index contributed by atoms with van der Waals surface area (Å²) in [6.07, 6.45) is 4.76. The lowest BCUT2D eigenvalue weighted by Crippen LogP contribution is -2.15. The molecule has 0 bridgehead atoms. The number of halogens is 1. The molecule has 0 radical (unpaired) electrons. The van der Waals surface area contributed by atoms with E-state index >= 15 is 0 Å². The molecule has 5 nitrogen and oxygen atoms in total. The van der Waals surface area contributed by atoms with E-state index in [2.05, 4.69) is 0 Å². The van der Waals surface area contributed by atoms with Crippen molar-refractivity contribution in [3.63, 3.8) is 0 Å². The summed E-state index contributed by atoms with van der Waals surface area (Å²) in [6, 6.07) is 10.9. The van der Waals surface area contributed by atoms with E-state index in [0.717, 1.165) is 5.69 Å². The average Bonchev–Trinajstić information content (AvgIpc) is 2.92. The molecule has 0 saturated carbocycles. The van der Waals surface area contributed by atoms with Gasteiger partial charge in [-0.2, -0.15) is 0 Å². The molecule has 21 heavy (non-hydrogen) atoms. The molecule has 2 aromatic rings. The lowest BCUT2D eigenvalue weighted by molar-refractivity contribution is -0.124. The van der Waals surface area contributed by atoms with Crippen LogP contribution in [0.1, 0.15) is 5.69 Å². The molecule has 0 fully saturated rings. The minimum Gasteiger partial charge on any atom is -0.492 e. The molecule has 2 N–H and O–H groups in total. The maximum Gasteiger partial charge on any atom is 0.267 e. The number of hydrogen-bond acceptors (Lipinski definition) is 3. The number of ether oxygens (including phenoxy) is 1. The fraction of sp³-hybridized carbons (Fsp3) is 0.133. The number of benzene rings is 1. The Morgan fingerprint density at radius 3 is 3.00 bits per heavy atom. The van der Waals surface area contributed by atoms with E-state index in [0.29, 0.717) is 23.9 Å². The van der Waals surface area contributed by atoms with Crippen LogP contribution in [0.5, 0.6) is 5.75 Å². The average molecular weight is 307 g/mol. The zero-order valence-electron chi connectivity index (χ0n) is 11.2. The van der Waals surface area contributed by atoms with Gasteiger partial charge in [0.25, 0.3) is 5.91 Å². The van der Waals surface area contributed by atoms with Gasteiger partial charge in [-0.3, -0.25) is 10.0 Å². The van der Waals surface area contributed by atoms with E-state index in [1.54, 1.807) is 23.7 Å². The van der Waals surface area contributed by atoms with Crippen molar-refractivity contribution >= 4 is 23.6 Å². The number of hydroxylamine groups is 1. The molecule has 110 valence electrons. The van der Waals surface area contributed by atoms with Gasteiger partial charge in [0, 0.05) is 23.0 Å². The highest BCUT2D eigenvalue weighted by molar-refractivity contribution is 6.30. The predicted molar refractivity (Wildman–Crippen MR) is 80.3 cm³/mol. The maximum atomic E-state index is 11.0. The lowest BCUT2D eigenvalue weighted by Gasteiger charge is -2.09. The molecule has 2 rings (SSSR count). The Balaban J connectivity index is 1.91. The third kappa shape index (κ3) is 4.66. The van der Waals surface area contributed by atoms with E-state index in [4.69, 9.17) is 21.5 Å². The largest absolute Gasteiger partial charge is 0.492 e. The number of hydrogen-bond donors (Lipinski definition) is 2. The summed E-state index contributed by atoms with van der Waals surface area (Å²) < 4.78 is 7.55. The number of carbonyl (C=O) groups is 1. The second-order valence-electron chi connectivity index (χ2n) is 4.24. The van der Waals surface area contributed by atoms with Crippen LogP contribution in [-0.2, 0) is 11.3 Å². The van der Waals surface area contributed by atoms with E-state index in [1.165, 1.54) is 6.08 Å². The Hall–Kier alpha value is -2.24. The number of rotatable bonds is 6. The van der Waals surface area contributed by atoms with Gasteiger partial charge in [-0.15, -0.1) is 0 Å². The fourth-order valence-corrected chi connectivity index (χ4v) is 1.98. The lowest BCUT2D eigenvalue weighted by atomic mass is 10.3. The zero-order valence-corrected chi connectivity index (χ0v) is 12.0. The van der Waals surface area contributed by atoms with Crippen LogP contribution in [0.25, 0.3) is 6.08 Å². The first-order valence-electron chi connectivity index (χ1n) is 6.34. The smallest absolute Gasteiger partial charge is 0.267 e. The monoisotopic (exact) mass is 306 g/mol. The molecule has 6 heteroatoms. The second kappa shape index (κ2) is 7.52. The summed E-state index contributed by atoms with van der Waals surface area (Å²) in [6.45, 7) is 1.10. The van der Waals surface area contributed by atoms with E-state index in [-0.39, 0.29) is 0 Å². The Kier molecular flexibility index (Phi) is 5.43. The van der Waals surface area contributed by atoms with Gasteiger partial charge in [0.1, 0.15) is 12.4 Å². The van der Waals surface area contributed by atoms with Crippen LogP contribution in [0.4, 0.5) is 0 Å². The first-order valence-corrected chi connectivity index (χ1v) is 6.72. The van der Waals surface area contributed by atoms with Crippen LogP contribution < -0.4 is 10.2 Å². The van der Waals surface area contributed by atoms with Crippen LogP contribution in [0.2, 0.25) is 5.02 Å². The summed E-state index contributed by atoms with van der Waals surface area (Å²) in [5, 5.41) is 9.07. The van der Waals surface area contributed by atoms with Gasteiger partial charge in [0.2, 0.25) is 0 Å². The van der Waals surface area contributed by atoms with Crippen molar-refractivity contribution in [3.8, 4) is 5.75 Å². The molecule has 0 unspecified atom stereocenters. The number of nitrogens with one attached hydrogen (secondary N) is 1. The van der Waals surface area contributed by atoms with Crippen molar-refractivity contribution in [1.82, 2.24) is 10.0 Å². The summed E-state index contributed by atoms with van der Waals surface area (Å²) in [4.78, 5) is 11.0. The molecule has 1 aromatic heterocycles. The Morgan fingerprint density at radius 1 is 1.38 bits per heavy atom. The van der Waals surface area contributed by atoms with Crippen molar-refractivity contribution in [2.24, 2.45) is 0 Å². The van der Waals surface area contributed by atoms with Crippen molar-refractivity contribution in [2.75, 3.05) is 6.61 Å². The first kappa shape index (κ1) is 15.2. The zero-order chi connectivity index (χ0) is 15.1. The maximum absolute atomic E-state index is 11.0. The standard InChI is InChI=1S/C15H15ClN2O3/c16-12-3-1-5-14(11-12)21-10-9-18-8-2-4-13(18)6-7-15(19)17-20/h1-8,11,20H,9-10H2,(H,17,19). The van der Waals surface area contributed by atoms with Crippen molar-refractivity contribution in [3.05, 3.63) is 59.4 Å². The number of carbonyl (C=O) groups excluding carboxylic acids is 1.